The van der Waals surface area contributed by atoms with E-state index in [1.165, 1.54) is 25.9 Å². The Hall–Kier alpha value is -0.280. The van der Waals surface area contributed by atoms with Crippen molar-refractivity contribution in [2.45, 2.75) is 19.3 Å². The van der Waals surface area contributed by atoms with Crippen LogP contribution < -0.4 is 0 Å². The Morgan fingerprint density at radius 3 is 2.67 bits per heavy atom. The van der Waals surface area contributed by atoms with Crippen molar-refractivity contribution >= 4 is 17.0 Å². The summed E-state index contributed by atoms with van der Waals surface area (Å²) in [5.74, 6) is 0. The van der Waals surface area contributed by atoms with E-state index in [1.807, 2.05) is 0 Å². The smallest absolute Gasteiger partial charge is 0.403 e. The van der Waals surface area contributed by atoms with E-state index in [-0.39, 0.29) is 0 Å². The van der Waals surface area contributed by atoms with Crippen LogP contribution in [0, 0.1) is 0 Å². The maximum Gasteiger partial charge on any atom is 0.403 e. The van der Waals surface area contributed by atoms with E-state index >= 15 is 0 Å². The number of carbonyl (C=O) groups excluding carboxylic acids is 1. The number of rotatable bonds is 4. The molecule has 0 unspecified atom stereocenters. The van der Waals surface area contributed by atoms with E-state index in [9.17, 15) is 4.79 Å². The average Bonchev–Trinajstić information content (AvgIpc) is 2.49. The Morgan fingerprint density at radius 2 is 2.08 bits per heavy atom. The van der Waals surface area contributed by atoms with Crippen LogP contribution in [0.25, 0.3) is 0 Å². The Balaban J connectivity index is 1.91. The van der Waals surface area contributed by atoms with Crippen molar-refractivity contribution in [1.29, 1.82) is 0 Å². The molecule has 0 aromatic rings. The lowest BCUT2D eigenvalue weighted by molar-refractivity contribution is 0.166. The van der Waals surface area contributed by atoms with Gasteiger partial charge in [0.25, 0.3) is 0 Å². The number of hydrogen-bond acceptors (Lipinski definition) is 3. The Labute approximate surface area is 77.6 Å². The third-order valence-electron chi connectivity index (χ3n) is 2.03. The molecule has 12 heavy (non-hydrogen) atoms. The van der Waals surface area contributed by atoms with Gasteiger partial charge in [-0.2, -0.15) is 0 Å². The van der Waals surface area contributed by atoms with Gasteiger partial charge in [-0.1, -0.05) is 0 Å². The molecule has 0 aliphatic carbocycles. The topological polar surface area (TPSA) is 29.5 Å². The number of likely N-dealkylation sites (tertiary alicyclic amines) is 1. The average molecular weight is 192 g/mol. The van der Waals surface area contributed by atoms with E-state index in [4.69, 9.17) is 11.6 Å². The van der Waals surface area contributed by atoms with E-state index in [0.717, 1.165) is 13.0 Å². The highest BCUT2D eigenvalue weighted by Crippen LogP contribution is 2.07. The molecule has 0 bridgehead atoms. The normalized spacial score (nSPS) is 18.1. The highest BCUT2D eigenvalue weighted by atomic mass is 35.5. The minimum Gasteiger partial charge on any atom is -0.454 e. The van der Waals surface area contributed by atoms with Crippen molar-refractivity contribution < 1.29 is 9.53 Å². The van der Waals surface area contributed by atoms with Gasteiger partial charge in [0.05, 0.1) is 6.61 Å². The van der Waals surface area contributed by atoms with E-state index < -0.39 is 5.43 Å². The molecule has 0 spiro atoms. The molecule has 0 aromatic heterocycles. The molecule has 0 aromatic carbocycles. The van der Waals surface area contributed by atoms with Gasteiger partial charge < -0.3 is 9.64 Å². The minimum absolute atomic E-state index is 0.443. The number of halogens is 1. The van der Waals surface area contributed by atoms with Crippen molar-refractivity contribution in [3.8, 4) is 0 Å². The van der Waals surface area contributed by atoms with Gasteiger partial charge in [0.1, 0.15) is 0 Å². The number of carbonyl (C=O) groups is 1. The third kappa shape index (κ3) is 3.93. The molecule has 1 aliphatic rings. The second kappa shape index (κ2) is 5.38. The summed E-state index contributed by atoms with van der Waals surface area (Å²) < 4.78 is 4.60. The largest absolute Gasteiger partial charge is 0.454 e. The molecule has 3 nitrogen and oxygen atoms in total. The summed E-state index contributed by atoms with van der Waals surface area (Å²) in [6.45, 7) is 3.84. The summed E-state index contributed by atoms with van der Waals surface area (Å²) in [5, 5.41) is 0. The first-order chi connectivity index (χ1) is 5.79. The Bertz CT molecular complexity index is 146. The molecule has 4 heteroatoms. The molecular formula is C8H14ClNO2. The zero-order chi connectivity index (χ0) is 8.81. The predicted octanol–water partition coefficient (Wildman–Crippen LogP) is 1.85. The van der Waals surface area contributed by atoms with Gasteiger partial charge in [0, 0.05) is 18.1 Å². The third-order valence-corrected chi connectivity index (χ3v) is 2.14. The fourth-order valence-corrected chi connectivity index (χ4v) is 1.52. The molecular weight excluding hydrogens is 178 g/mol. The fourth-order valence-electron chi connectivity index (χ4n) is 1.45. The van der Waals surface area contributed by atoms with Gasteiger partial charge in [-0.05, 0) is 32.4 Å². The van der Waals surface area contributed by atoms with Crippen LogP contribution in [0.5, 0.6) is 0 Å². The van der Waals surface area contributed by atoms with Crippen molar-refractivity contribution in [1.82, 2.24) is 4.90 Å². The molecule has 1 heterocycles. The molecule has 70 valence electrons. The van der Waals surface area contributed by atoms with Crippen LogP contribution in [0.4, 0.5) is 4.79 Å². The first-order valence-corrected chi connectivity index (χ1v) is 4.71. The zero-order valence-corrected chi connectivity index (χ0v) is 7.85. The summed E-state index contributed by atoms with van der Waals surface area (Å²) in [4.78, 5) is 12.5. The second-order valence-corrected chi connectivity index (χ2v) is 3.30. The monoisotopic (exact) mass is 191 g/mol. The van der Waals surface area contributed by atoms with Gasteiger partial charge in [-0.15, -0.1) is 0 Å². The first kappa shape index (κ1) is 9.81. The molecule has 1 aliphatic heterocycles. The van der Waals surface area contributed by atoms with E-state index in [0.29, 0.717) is 6.61 Å². The molecule has 1 rings (SSSR count). The van der Waals surface area contributed by atoms with Gasteiger partial charge >= 0.3 is 5.43 Å². The van der Waals surface area contributed by atoms with Gasteiger partial charge in [0.2, 0.25) is 0 Å². The number of hydrogen-bond donors (Lipinski definition) is 0. The zero-order valence-electron chi connectivity index (χ0n) is 7.09. The van der Waals surface area contributed by atoms with Crippen LogP contribution in [0.2, 0.25) is 0 Å². The molecule has 1 fully saturated rings. The second-order valence-electron chi connectivity index (χ2n) is 2.99. The highest BCUT2D eigenvalue weighted by Gasteiger charge is 2.10. The summed E-state index contributed by atoms with van der Waals surface area (Å²) in [5.41, 5.74) is -0.698. The number of nitrogens with zero attached hydrogens (tertiary/aromatic N) is 1. The van der Waals surface area contributed by atoms with Crippen molar-refractivity contribution in [3.05, 3.63) is 0 Å². The minimum atomic E-state index is -0.698. The van der Waals surface area contributed by atoms with Crippen LogP contribution in [-0.4, -0.2) is 36.6 Å². The van der Waals surface area contributed by atoms with Crippen LogP contribution in [0.15, 0.2) is 0 Å². The quantitative estimate of drug-likeness (QED) is 0.502. The summed E-state index contributed by atoms with van der Waals surface area (Å²) in [7, 11) is 0. The van der Waals surface area contributed by atoms with Crippen LogP contribution in [0.3, 0.4) is 0 Å². The Morgan fingerprint density at radius 1 is 1.42 bits per heavy atom. The van der Waals surface area contributed by atoms with Gasteiger partial charge in [0.15, 0.2) is 0 Å². The standard InChI is InChI=1S/C8H14ClNO2/c9-8(11)12-7-3-6-10-4-1-2-5-10/h1-7H2. The van der Waals surface area contributed by atoms with Crippen LogP contribution >= 0.6 is 11.6 Å². The lowest BCUT2D eigenvalue weighted by Gasteiger charge is -2.13. The van der Waals surface area contributed by atoms with Crippen molar-refractivity contribution in [2.75, 3.05) is 26.2 Å². The molecule has 0 saturated carbocycles. The lowest BCUT2D eigenvalue weighted by atomic mass is 10.4. The summed E-state index contributed by atoms with van der Waals surface area (Å²) in [6.07, 6.45) is 3.49. The molecule has 0 N–H and O–H groups in total. The Kier molecular flexibility index (Phi) is 4.40. The van der Waals surface area contributed by atoms with E-state index in [1.54, 1.807) is 0 Å². The van der Waals surface area contributed by atoms with Crippen molar-refractivity contribution in [3.63, 3.8) is 0 Å². The highest BCUT2D eigenvalue weighted by molar-refractivity contribution is 6.61. The van der Waals surface area contributed by atoms with Crippen molar-refractivity contribution in [2.24, 2.45) is 0 Å². The van der Waals surface area contributed by atoms with Gasteiger partial charge in [-0.25, -0.2) is 4.79 Å². The lowest BCUT2D eigenvalue weighted by Crippen LogP contribution is -2.21. The summed E-state index contributed by atoms with van der Waals surface area (Å²) in [6, 6.07) is 0. The fraction of sp³-hybridized carbons (Fsp3) is 0.875. The van der Waals surface area contributed by atoms with Crippen LogP contribution in [-0.2, 0) is 4.74 Å². The van der Waals surface area contributed by atoms with Gasteiger partial charge in [-0.3, -0.25) is 0 Å². The molecule has 1 saturated heterocycles. The molecule has 0 amide bonds. The van der Waals surface area contributed by atoms with Crippen LogP contribution in [0.1, 0.15) is 19.3 Å². The van der Waals surface area contributed by atoms with E-state index in [2.05, 4.69) is 9.64 Å². The first-order valence-electron chi connectivity index (χ1n) is 4.33. The molecule has 0 atom stereocenters. The summed E-state index contributed by atoms with van der Waals surface area (Å²) >= 11 is 5.00. The number of ether oxygens (including phenoxy) is 1. The maximum absolute atomic E-state index is 10.2. The SMILES string of the molecule is O=C(Cl)OCCCN1CCCC1. The predicted molar refractivity (Wildman–Crippen MR) is 47.5 cm³/mol. The molecule has 0 radical (unpaired) electrons. The maximum atomic E-state index is 10.2.